The third-order valence-electron chi connectivity index (χ3n) is 6.26. The summed E-state index contributed by atoms with van der Waals surface area (Å²) in [4.78, 5) is 22.2. The molecule has 1 heterocycles. The van der Waals surface area contributed by atoms with Gasteiger partial charge >= 0.3 is 0 Å². The molecular weight excluding hydrogens is 454 g/mol. The van der Waals surface area contributed by atoms with Gasteiger partial charge in [0.2, 0.25) is 5.96 Å². The number of guanidine groups is 1. The fourth-order valence-electron chi connectivity index (χ4n) is 4.35. The molecule has 0 spiro atoms. The Kier molecular flexibility index (Phi) is 7.71. The standard InChI is InChI=1S/C28H29N5O3/c1-20-9-7-8-12-23(20)31-28(30-19-29)33-16-15-32(18-24(33)21-10-5-4-6-11-21)27(34)22-13-14-25(35-2)26(17-22)36-3/h4-14,17,24H,15-16,18H2,1-3H3,(H,30,31). The molecule has 3 aromatic rings. The second kappa shape index (κ2) is 11.3. The van der Waals surface area contributed by atoms with Gasteiger partial charge in [-0.25, -0.2) is 4.99 Å². The molecule has 8 heteroatoms. The molecule has 1 N–H and O–H groups in total. The summed E-state index contributed by atoms with van der Waals surface area (Å²) < 4.78 is 10.7. The number of rotatable bonds is 5. The van der Waals surface area contributed by atoms with Crippen LogP contribution in [0.3, 0.4) is 0 Å². The Hall–Kier alpha value is -4.51. The molecule has 1 unspecified atom stereocenters. The lowest BCUT2D eigenvalue weighted by Crippen LogP contribution is -2.54. The van der Waals surface area contributed by atoms with Crippen molar-refractivity contribution in [3.63, 3.8) is 0 Å². The van der Waals surface area contributed by atoms with Crippen molar-refractivity contribution >= 4 is 17.6 Å². The number of piperazine rings is 1. The lowest BCUT2D eigenvalue weighted by atomic mass is 10.0. The van der Waals surface area contributed by atoms with Crippen LogP contribution in [0.5, 0.6) is 11.5 Å². The summed E-state index contributed by atoms with van der Waals surface area (Å²) in [5, 5.41) is 12.3. The molecular formula is C28H29N5O3. The van der Waals surface area contributed by atoms with E-state index in [1.165, 1.54) is 0 Å². The highest BCUT2D eigenvalue weighted by Crippen LogP contribution is 2.31. The van der Waals surface area contributed by atoms with Gasteiger partial charge in [0.1, 0.15) is 0 Å². The summed E-state index contributed by atoms with van der Waals surface area (Å²) in [7, 11) is 3.11. The molecule has 36 heavy (non-hydrogen) atoms. The lowest BCUT2D eigenvalue weighted by molar-refractivity contribution is 0.0609. The maximum Gasteiger partial charge on any atom is 0.254 e. The van der Waals surface area contributed by atoms with Crippen LogP contribution in [0.15, 0.2) is 77.8 Å². The van der Waals surface area contributed by atoms with Crippen LogP contribution in [0, 0.1) is 18.4 Å². The zero-order valence-electron chi connectivity index (χ0n) is 20.6. The molecule has 1 amide bonds. The first kappa shape index (κ1) is 24.6. The van der Waals surface area contributed by atoms with Crippen LogP contribution < -0.4 is 14.8 Å². The number of nitrogens with zero attached hydrogens (tertiary/aromatic N) is 4. The molecule has 0 aliphatic carbocycles. The number of hydrogen-bond acceptors (Lipinski definition) is 5. The van der Waals surface area contributed by atoms with E-state index in [2.05, 4.69) is 10.2 Å². The van der Waals surface area contributed by atoms with Crippen molar-refractivity contribution in [2.24, 2.45) is 4.99 Å². The minimum Gasteiger partial charge on any atom is -0.493 e. The van der Waals surface area contributed by atoms with E-state index in [0.29, 0.717) is 42.7 Å². The number of ether oxygens (including phenoxy) is 2. The summed E-state index contributed by atoms with van der Waals surface area (Å²) in [6.45, 7) is 3.38. The molecule has 1 saturated heterocycles. The van der Waals surface area contributed by atoms with Crippen LogP contribution in [-0.4, -0.2) is 55.5 Å². The predicted octanol–water partition coefficient (Wildman–Crippen LogP) is 4.27. The van der Waals surface area contributed by atoms with Gasteiger partial charge in [-0.05, 0) is 42.3 Å². The molecule has 8 nitrogen and oxygen atoms in total. The highest BCUT2D eigenvalue weighted by atomic mass is 16.5. The van der Waals surface area contributed by atoms with Crippen molar-refractivity contribution in [3.05, 3.63) is 89.5 Å². The van der Waals surface area contributed by atoms with Crippen molar-refractivity contribution < 1.29 is 14.3 Å². The first-order valence-electron chi connectivity index (χ1n) is 11.7. The Bertz CT molecular complexity index is 1290. The fraction of sp³-hybridized carbons (Fsp3) is 0.250. The fourth-order valence-corrected chi connectivity index (χ4v) is 4.35. The topological polar surface area (TPSA) is 90.2 Å². The van der Waals surface area contributed by atoms with Gasteiger partial charge in [-0.1, -0.05) is 48.5 Å². The average Bonchev–Trinajstić information content (AvgIpc) is 2.93. The summed E-state index contributed by atoms with van der Waals surface area (Å²) in [5.74, 6) is 1.44. The third-order valence-corrected chi connectivity index (χ3v) is 6.26. The van der Waals surface area contributed by atoms with E-state index in [-0.39, 0.29) is 11.9 Å². The molecule has 1 aliphatic rings. The summed E-state index contributed by atoms with van der Waals surface area (Å²) >= 11 is 0. The number of benzene rings is 3. The van der Waals surface area contributed by atoms with Gasteiger partial charge in [0.05, 0.1) is 25.9 Å². The largest absolute Gasteiger partial charge is 0.493 e. The van der Waals surface area contributed by atoms with Gasteiger partial charge < -0.3 is 19.3 Å². The van der Waals surface area contributed by atoms with Crippen LogP contribution >= 0.6 is 0 Å². The Morgan fingerprint density at radius 1 is 1.00 bits per heavy atom. The second-order valence-electron chi connectivity index (χ2n) is 8.40. The van der Waals surface area contributed by atoms with Gasteiger partial charge in [0.25, 0.3) is 5.91 Å². The average molecular weight is 484 g/mol. The lowest BCUT2D eigenvalue weighted by Gasteiger charge is -2.42. The van der Waals surface area contributed by atoms with Gasteiger partial charge in [-0.15, -0.1) is 0 Å². The third kappa shape index (κ3) is 5.26. The monoisotopic (exact) mass is 483 g/mol. The Labute approximate surface area is 211 Å². The molecule has 0 saturated carbocycles. The quantitative estimate of drug-likeness (QED) is 0.252. The molecule has 0 aromatic heterocycles. The first-order valence-corrected chi connectivity index (χ1v) is 11.7. The van der Waals surface area contributed by atoms with E-state index in [9.17, 15) is 10.1 Å². The minimum atomic E-state index is -0.201. The summed E-state index contributed by atoms with van der Waals surface area (Å²) in [6.07, 6.45) is 2.03. The number of hydrogen-bond donors (Lipinski definition) is 1. The molecule has 4 rings (SSSR count). The van der Waals surface area contributed by atoms with Crippen molar-refractivity contribution in [2.75, 3.05) is 33.9 Å². The molecule has 0 bridgehead atoms. The van der Waals surface area contributed by atoms with Crippen LogP contribution in [0.2, 0.25) is 0 Å². The number of carbonyl (C=O) groups excluding carboxylic acids is 1. The van der Waals surface area contributed by atoms with E-state index in [1.54, 1.807) is 32.4 Å². The first-order chi connectivity index (χ1) is 17.5. The van der Waals surface area contributed by atoms with Crippen LogP contribution in [0.25, 0.3) is 0 Å². The number of aryl methyl sites for hydroxylation is 1. The van der Waals surface area contributed by atoms with Crippen molar-refractivity contribution in [3.8, 4) is 17.7 Å². The highest BCUT2D eigenvalue weighted by Gasteiger charge is 2.33. The summed E-state index contributed by atoms with van der Waals surface area (Å²) in [6, 6.07) is 22.7. The minimum absolute atomic E-state index is 0.0952. The van der Waals surface area contributed by atoms with E-state index in [4.69, 9.17) is 14.5 Å². The van der Waals surface area contributed by atoms with E-state index in [1.807, 2.05) is 72.6 Å². The maximum atomic E-state index is 13.5. The van der Waals surface area contributed by atoms with Crippen LogP contribution in [0.1, 0.15) is 27.5 Å². The molecule has 0 radical (unpaired) electrons. The van der Waals surface area contributed by atoms with Crippen LogP contribution in [-0.2, 0) is 0 Å². The van der Waals surface area contributed by atoms with Gasteiger partial charge in [0.15, 0.2) is 17.7 Å². The van der Waals surface area contributed by atoms with Crippen LogP contribution in [0.4, 0.5) is 5.69 Å². The summed E-state index contributed by atoms with van der Waals surface area (Å²) in [5.41, 5.74) is 3.34. The Morgan fingerprint density at radius 2 is 1.72 bits per heavy atom. The Morgan fingerprint density at radius 3 is 2.42 bits per heavy atom. The number of carbonyl (C=O) groups is 1. The number of para-hydroxylation sites is 1. The number of aliphatic imine (C=N–C) groups is 1. The Balaban J connectivity index is 1.67. The maximum absolute atomic E-state index is 13.5. The van der Waals surface area contributed by atoms with Gasteiger partial charge in [-0.2, -0.15) is 5.26 Å². The zero-order valence-corrected chi connectivity index (χ0v) is 20.6. The van der Waals surface area contributed by atoms with E-state index in [0.717, 1.165) is 16.8 Å². The smallest absolute Gasteiger partial charge is 0.254 e. The molecule has 1 aliphatic heterocycles. The second-order valence-corrected chi connectivity index (χ2v) is 8.40. The number of nitriles is 1. The molecule has 184 valence electrons. The van der Waals surface area contributed by atoms with Gasteiger partial charge in [0, 0.05) is 25.2 Å². The molecule has 1 atom stereocenters. The van der Waals surface area contributed by atoms with Crippen molar-refractivity contribution in [1.82, 2.24) is 15.1 Å². The van der Waals surface area contributed by atoms with E-state index < -0.39 is 0 Å². The molecule has 1 fully saturated rings. The normalized spacial score (nSPS) is 15.7. The molecule has 3 aromatic carbocycles. The highest BCUT2D eigenvalue weighted by molar-refractivity contribution is 5.95. The zero-order chi connectivity index (χ0) is 25.5. The SMILES string of the molecule is COc1ccc(C(=O)N2CCN(C(=Nc3ccccc3C)NC#N)C(c3ccccc3)C2)cc1OC. The number of nitrogens with one attached hydrogen (secondary N) is 1. The van der Waals surface area contributed by atoms with E-state index >= 15 is 0 Å². The van der Waals surface area contributed by atoms with Gasteiger partial charge in [-0.3, -0.25) is 10.1 Å². The predicted molar refractivity (Wildman–Crippen MR) is 138 cm³/mol. The van der Waals surface area contributed by atoms with Crippen molar-refractivity contribution in [1.29, 1.82) is 5.26 Å². The number of methoxy groups -OCH3 is 2. The number of amides is 1. The van der Waals surface area contributed by atoms with Crippen molar-refractivity contribution in [2.45, 2.75) is 13.0 Å².